The molecule has 0 heterocycles. The molecule has 0 spiro atoms. The number of rotatable bonds is 3. The molecule has 3 heteroatoms. The lowest BCUT2D eigenvalue weighted by molar-refractivity contribution is 0.123. The van der Waals surface area contributed by atoms with Gasteiger partial charge in [-0.15, -0.1) is 0 Å². The van der Waals surface area contributed by atoms with Gasteiger partial charge in [-0.25, -0.2) is 0 Å². The van der Waals surface area contributed by atoms with Crippen LogP contribution in [0.4, 0.5) is 0 Å². The van der Waals surface area contributed by atoms with Crippen LogP contribution in [0.1, 0.15) is 24.4 Å². The van der Waals surface area contributed by atoms with Crippen molar-refractivity contribution in [3.8, 4) is 0 Å². The Kier molecular flexibility index (Phi) is 3.67. The van der Waals surface area contributed by atoms with Crippen molar-refractivity contribution >= 4 is 15.9 Å². The van der Waals surface area contributed by atoms with Gasteiger partial charge in [0.2, 0.25) is 0 Å². The van der Waals surface area contributed by atoms with Crippen molar-refractivity contribution in [2.75, 3.05) is 14.1 Å². The van der Waals surface area contributed by atoms with E-state index in [1.165, 1.54) is 5.56 Å². The van der Waals surface area contributed by atoms with Crippen molar-refractivity contribution in [3.05, 3.63) is 34.3 Å². The summed E-state index contributed by atoms with van der Waals surface area (Å²) in [4.78, 5) is 2.30. The van der Waals surface area contributed by atoms with E-state index in [0.717, 1.165) is 17.3 Å². The minimum Gasteiger partial charge on any atom is -0.328 e. The Morgan fingerprint density at radius 2 is 2.06 bits per heavy atom. The van der Waals surface area contributed by atoms with Crippen molar-refractivity contribution in [2.24, 2.45) is 11.7 Å². The summed E-state index contributed by atoms with van der Waals surface area (Å²) in [5.41, 5.74) is 7.27. The Balaban J connectivity index is 2.19. The normalized spacial score (nSPS) is 26.6. The predicted octanol–water partition coefficient (Wildman–Crippen LogP) is 2.79. The van der Waals surface area contributed by atoms with Crippen molar-refractivity contribution in [1.29, 1.82) is 0 Å². The molecular weight excluding hydrogens is 264 g/mol. The average molecular weight is 283 g/mol. The van der Waals surface area contributed by atoms with Crippen LogP contribution in [0.3, 0.4) is 0 Å². The zero-order valence-electron chi connectivity index (χ0n) is 9.86. The lowest BCUT2D eigenvalue weighted by atomic mass is 9.73. The topological polar surface area (TPSA) is 29.3 Å². The Hall–Kier alpha value is -0.380. The SMILES string of the molecule is CN(C)C(c1cccc(Br)c1)C1CC(N)C1. The van der Waals surface area contributed by atoms with Crippen LogP contribution in [0, 0.1) is 5.92 Å². The Morgan fingerprint density at radius 3 is 2.56 bits per heavy atom. The number of hydrogen-bond donors (Lipinski definition) is 1. The van der Waals surface area contributed by atoms with Crippen LogP contribution in [-0.4, -0.2) is 25.0 Å². The second-order valence-electron chi connectivity index (χ2n) is 4.96. The molecule has 0 bridgehead atoms. The second kappa shape index (κ2) is 4.86. The van der Waals surface area contributed by atoms with Crippen LogP contribution in [0.15, 0.2) is 28.7 Å². The fourth-order valence-corrected chi connectivity index (χ4v) is 3.07. The Labute approximate surface area is 106 Å². The summed E-state index contributed by atoms with van der Waals surface area (Å²) in [6.45, 7) is 0. The van der Waals surface area contributed by atoms with E-state index < -0.39 is 0 Å². The molecule has 88 valence electrons. The molecule has 1 saturated carbocycles. The third-order valence-corrected chi connectivity index (χ3v) is 3.90. The minimum atomic E-state index is 0.416. The van der Waals surface area contributed by atoms with E-state index in [-0.39, 0.29) is 0 Å². The van der Waals surface area contributed by atoms with Crippen molar-refractivity contribution in [1.82, 2.24) is 4.90 Å². The van der Waals surface area contributed by atoms with Crippen molar-refractivity contribution < 1.29 is 0 Å². The van der Waals surface area contributed by atoms with Gasteiger partial charge >= 0.3 is 0 Å². The maximum absolute atomic E-state index is 5.89. The molecule has 0 aromatic heterocycles. The quantitative estimate of drug-likeness (QED) is 0.924. The first-order valence-electron chi connectivity index (χ1n) is 5.75. The van der Waals surface area contributed by atoms with Crippen LogP contribution >= 0.6 is 15.9 Å². The van der Waals surface area contributed by atoms with E-state index in [2.05, 4.69) is 59.2 Å². The van der Waals surface area contributed by atoms with E-state index in [1.54, 1.807) is 0 Å². The molecule has 1 aliphatic carbocycles. The Morgan fingerprint density at radius 1 is 1.38 bits per heavy atom. The minimum absolute atomic E-state index is 0.416. The van der Waals surface area contributed by atoms with Gasteiger partial charge in [-0.05, 0) is 50.6 Å². The third-order valence-electron chi connectivity index (χ3n) is 3.40. The van der Waals surface area contributed by atoms with Crippen LogP contribution in [0.25, 0.3) is 0 Å². The largest absolute Gasteiger partial charge is 0.328 e. The zero-order valence-corrected chi connectivity index (χ0v) is 11.4. The van der Waals surface area contributed by atoms with E-state index in [4.69, 9.17) is 5.73 Å². The van der Waals surface area contributed by atoms with Gasteiger partial charge in [0.1, 0.15) is 0 Å². The number of halogens is 1. The zero-order chi connectivity index (χ0) is 11.7. The monoisotopic (exact) mass is 282 g/mol. The van der Waals surface area contributed by atoms with Crippen LogP contribution in [0.5, 0.6) is 0 Å². The van der Waals surface area contributed by atoms with Gasteiger partial charge in [0.05, 0.1) is 0 Å². The molecule has 1 unspecified atom stereocenters. The highest BCUT2D eigenvalue weighted by atomic mass is 79.9. The van der Waals surface area contributed by atoms with Crippen molar-refractivity contribution in [3.63, 3.8) is 0 Å². The fraction of sp³-hybridized carbons (Fsp3) is 0.538. The van der Waals surface area contributed by atoms with Gasteiger partial charge in [-0.3, -0.25) is 0 Å². The first-order valence-corrected chi connectivity index (χ1v) is 6.54. The first-order chi connectivity index (χ1) is 7.58. The molecule has 1 fully saturated rings. The second-order valence-corrected chi connectivity index (χ2v) is 5.87. The highest BCUT2D eigenvalue weighted by molar-refractivity contribution is 9.10. The molecular formula is C13H19BrN2. The summed E-state index contributed by atoms with van der Waals surface area (Å²) in [5.74, 6) is 0.708. The third kappa shape index (κ3) is 2.47. The highest BCUT2D eigenvalue weighted by Crippen LogP contribution is 2.40. The summed E-state index contributed by atoms with van der Waals surface area (Å²) >= 11 is 3.54. The van der Waals surface area contributed by atoms with E-state index in [1.807, 2.05) is 0 Å². The molecule has 1 aromatic rings. The maximum Gasteiger partial charge on any atom is 0.0371 e. The predicted molar refractivity (Wildman–Crippen MR) is 71.3 cm³/mol. The van der Waals surface area contributed by atoms with E-state index in [0.29, 0.717) is 18.0 Å². The summed E-state index contributed by atoms with van der Waals surface area (Å²) in [5, 5.41) is 0. The lowest BCUT2D eigenvalue weighted by Crippen LogP contribution is -2.43. The van der Waals surface area contributed by atoms with E-state index >= 15 is 0 Å². The number of nitrogens with zero attached hydrogens (tertiary/aromatic N) is 1. The molecule has 1 aromatic carbocycles. The number of hydrogen-bond acceptors (Lipinski definition) is 2. The molecule has 2 rings (SSSR count). The molecule has 2 nitrogen and oxygen atoms in total. The lowest BCUT2D eigenvalue weighted by Gasteiger charge is -2.41. The summed E-state index contributed by atoms with van der Waals surface area (Å²) in [7, 11) is 4.30. The summed E-state index contributed by atoms with van der Waals surface area (Å²) in [6, 6.07) is 9.52. The molecule has 1 atom stereocenters. The van der Waals surface area contributed by atoms with Crippen LogP contribution in [-0.2, 0) is 0 Å². The number of nitrogens with two attached hydrogens (primary N) is 1. The van der Waals surface area contributed by atoms with Gasteiger partial charge in [0.15, 0.2) is 0 Å². The molecule has 0 aliphatic heterocycles. The first kappa shape index (κ1) is 12.1. The summed E-state index contributed by atoms with van der Waals surface area (Å²) in [6.07, 6.45) is 2.30. The smallest absolute Gasteiger partial charge is 0.0371 e. The molecule has 16 heavy (non-hydrogen) atoms. The van der Waals surface area contributed by atoms with Gasteiger partial charge in [0.25, 0.3) is 0 Å². The van der Waals surface area contributed by atoms with Crippen LogP contribution in [0.2, 0.25) is 0 Å². The van der Waals surface area contributed by atoms with E-state index in [9.17, 15) is 0 Å². The Bertz CT molecular complexity index is 359. The van der Waals surface area contributed by atoms with Gasteiger partial charge < -0.3 is 10.6 Å². The average Bonchev–Trinajstić information content (AvgIpc) is 2.15. The molecule has 0 saturated heterocycles. The van der Waals surface area contributed by atoms with Crippen molar-refractivity contribution in [2.45, 2.75) is 24.9 Å². The van der Waals surface area contributed by atoms with Gasteiger partial charge in [-0.2, -0.15) is 0 Å². The molecule has 2 N–H and O–H groups in total. The molecule has 1 aliphatic rings. The summed E-state index contributed by atoms with van der Waals surface area (Å²) < 4.78 is 1.15. The van der Waals surface area contributed by atoms with Crippen LogP contribution < -0.4 is 5.73 Å². The van der Waals surface area contributed by atoms with Gasteiger partial charge in [0, 0.05) is 16.6 Å². The van der Waals surface area contributed by atoms with Gasteiger partial charge in [-0.1, -0.05) is 28.1 Å². The molecule has 0 amide bonds. The highest BCUT2D eigenvalue weighted by Gasteiger charge is 2.34. The maximum atomic E-state index is 5.89. The standard InChI is InChI=1S/C13H19BrN2/c1-16(2)13(10-7-12(15)8-10)9-4-3-5-11(14)6-9/h3-6,10,12-13H,7-8,15H2,1-2H3. The molecule has 0 radical (unpaired) electrons. The number of benzene rings is 1. The fourth-order valence-electron chi connectivity index (χ4n) is 2.65.